The monoisotopic (exact) mass is 666 g/mol. The molecule has 0 bridgehead atoms. The van der Waals surface area contributed by atoms with E-state index < -0.39 is 68.0 Å². The number of aliphatic hydroxyl groups is 6. The van der Waals surface area contributed by atoms with Gasteiger partial charge in [-0.1, -0.05) is 12.1 Å². The Labute approximate surface area is 270 Å². The number of aliphatic hydroxyl groups excluding tert-OH is 6. The molecule has 0 spiro atoms. The number of methoxy groups -OCH3 is 2. The Morgan fingerprint density at radius 2 is 1.23 bits per heavy atom. The van der Waals surface area contributed by atoms with Gasteiger partial charge >= 0.3 is 0 Å². The molecule has 4 saturated heterocycles. The molecule has 2 aromatic carbocycles. The number of phenols is 1. The summed E-state index contributed by atoms with van der Waals surface area (Å²) in [5.41, 5.74) is 1.70. The highest BCUT2D eigenvalue weighted by molar-refractivity contribution is 5.45. The summed E-state index contributed by atoms with van der Waals surface area (Å²) in [4.78, 5) is 0. The van der Waals surface area contributed by atoms with Crippen LogP contribution in [0.1, 0.15) is 30.3 Å². The fourth-order valence-corrected chi connectivity index (χ4v) is 6.68. The Morgan fingerprint density at radius 1 is 0.660 bits per heavy atom. The second kappa shape index (κ2) is 14.0. The van der Waals surface area contributed by atoms with E-state index in [4.69, 9.17) is 37.9 Å². The summed E-state index contributed by atoms with van der Waals surface area (Å²) in [6.45, 7) is 1.99. The van der Waals surface area contributed by atoms with Crippen molar-refractivity contribution in [2.24, 2.45) is 11.8 Å². The zero-order valence-corrected chi connectivity index (χ0v) is 26.1. The van der Waals surface area contributed by atoms with E-state index in [1.165, 1.54) is 21.1 Å². The average molecular weight is 667 g/mol. The first-order valence-electron chi connectivity index (χ1n) is 15.5. The molecule has 6 rings (SSSR count). The predicted octanol–water partition coefficient (Wildman–Crippen LogP) is -0.485. The first-order chi connectivity index (χ1) is 22.5. The van der Waals surface area contributed by atoms with Crippen LogP contribution in [0.2, 0.25) is 0 Å². The van der Waals surface area contributed by atoms with Crippen molar-refractivity contribution in [3.05, 3.63) is 47.5 Å². The van der Waals surface area contributed by atoms with Crippen molar-refractivity contribution in [2.75, 3.05) is 34.0 Å². The topological polar surface area (TPSA) is 215 Å². The molecule has 0 aliphatic carbocycles. The number of hydrogen-bond donors (Lipinski definition) is 7. The second-order valence-corrected chi connectivity index (χ2v) is 12.3. The Balaban J connectivity index is 1.12. The third-order valence-corrected chi connectivity index (χ3v) is 9.46. The molecule has 15 heteroatoms. The molecule has 0 amide bonds. The summed E-state index contributed by atoms with van der Waals surface area (Å²) in [5.74, 6) is 1.00. The Morgan fingerprint density at radius 3 is 1.87 bits per heavy atom. The van der Waals surface area contributed by atoms with Crippen molar-refractivity contribution in [3.63, 3.8) is 0 Å². The van der Waals surface area contributed by atoms with Crippen LogP contribution in [0.3, 0.4) is 0 Å². The largest absolute Gasteiger partial charge is 0.504 e. The molecule has 4 aliphatic rings. The quantitative estimate of drug-likeness (QED) is 0.180. The van der Waals surface area contributed by atoms with Crippen molar-refractivity contribution in [3.8, 4) is 23.0 Å². The molecule has 0 aromatic heterocycles. The Kier molecular flexibility index (Phi) is 10.1. The van der Waals surface area contributed by atoms with Crippen molar-refractivity contribution in [2.45, 2.75) is 80.5 Å². The molecular formula is C32H42O15. The lowest BCUT2D eigenvalue weighted by Crippen LogP contribution is -2.61. The molecule has 4 heterocycles. The fraction of sp³-hybridized carbons (Fsp3) is 0.625. The van der Waals surface area contributed by atoms with E-state index in [9.17, 15) is 35.7 Å². The van der Waals surface area contributed by atoms with Gasteiger partial charge in [-0.15, -0.1) is 0 Å². The highest BCUT2D eigenvalue weighted by Gasteiger charge is 2.49. The van der Waals surface area contributed by atoms with Crippen LogP contribution in [0.15, 0.2) is 36.4 Å². The van der Waals surface area contributed by atoms with Gasteiger partial charge < -0.3 is 73.6 Å². The Bertz CT molecular complexity index is 1380. The summed E-state index contributed by atoms with van der Waals surface area (Å²) in [5, 5.41) is 72.0. The fourth-order valence-electron chi connectivity index (χ4n) is 6.68. The van der Waals surface area contributed by atoms with E-state index in [1.807, 2.05) is 6.07 Å². The van der Waals surface area contributed by atoms with E-state index >= 15 is 0 Å². The molecule has 14 atom stereocenters. The van der Waals surface area contributed by atoms with Gasteiger partial charge in [0.15, 0.2) is 29.3 Å². The molecule has 260 valence electrons. The molecule has 4 fully saturated rings. The maximum atomic E-state index is 10.7. The summed E-state index contributed by atoms with van der Waals surface area (Å²) in [6, 6.07) is 10.3. The van der Waals surface area contributed by atoms with E-state index in [0.29, 0.717) is 24.7 Å². The van der Waals surface area contributed by atoms with Crippen LogP contribution in [-0.2, 0) is 23.7 Å². The van der Waals surface area contributed by atoms with E-state index in [2.05, 4.69) is 0 Å². The third-order valence-electron chi connectivity index (χ3n) is 9.46. The van der Waals surface area contributed by atoms with Gasteiger partial charge in [-0.2, -0.15) is 0 Å². The summed E-state index contributed by atoms with van der Waals surface area (Å²) >= 11 is 0. The lowest BCUT2D eigenvalue weighted by Gasteiger charge is -2.42. The van der Waals surface area contributed by atoms with Crippen LogP contribution in [0.4, 0.5) is 0 Å². The second-order valence-electron chi connectivity index (χ2n) is 12.3. The van der Waals surface area contributed by atoms with Gasteiger partial charge in [0.25, 0.3) is 0 Å². The number of aromatic hydroxyl groups is 1. The number of phenolic OH excluding ortho intramolecular Hbond substituents is 1. The number of fused-ring (bicyclic) bond motifs is 1. The first kappa shape index (κ1) is 34.1. The van der Waals surface area contributed by atoms with E-state index in [1.54, 1.807) is 30.3 Å². The van der Waals surface area contributed by atoms with Gasteiger partial charge in [0, 0.05) is 11.8 Å². The number of rotatable bonds is 9. The van der Waals surface area contributed by atoms with Gasteiger partial charge in [-0.25, -0.2) is 0 Å². The molecule has 7 N–H and O–H groups in total. The summed E-state index contributed by atoms with van der Waals surface area (Å²) in [7, 11) is 2.94. The zero-order valence-electron chi connectivity index (χ0n) is 26.1. The maximum absolute atomic E-state index is 10.7. The van der Waals surface area contributed by atoms with Crippen LogP contribution in [0, 0.1) is 11.8 Å². The number of ether oxygens (including phenoxy) is 8. The van der Waals surface area contributed by atoms with Gasteiger partial charge in [-0.3, -0.25) is 0 Å². The molecule has 47 heavy (non-hydrogen) atoms. The molecule has 4 aliphatic heterocycles. The molecule has 0 radical (unpaired) electrons. The third kappa shape index (κ3) is 6.50. The molecule has 15 nitrogen and oxygen atoms in total. The molecular weight excluding hydrogens is 624 g/mol. The minimum absolute atomic E-state index is 0.0381. The maximum Gasteiger partial charge on any atom is 0.229 e. The first-order valence-corrected chi connectivity index (χ1v) is 15.5. The number of hydrogen-bond acceptors (Lipinski definition) is 15. The van der Waals surface area contributed by atoms with Crippen LogP contribution < -0.4 is 14.2 Å². The van der Waals surface area contributed by atoms with Gasteiger partial charge in [0.1, 0.15) is 42.7 Å². The van der Waals surface area contributed by atoms with Crippen LogP contribution >= 0.6 is 0 Å². The van der Waals surface area contributed by atoms with Gasteiger partial charge in [0.05, 0.1) is 52.4 Å². The normalized spacial score (nSPS) is 40.2. The van der Waals surface area contributed by atoms with Crippen molar-refractivity contribution < 1.29 is 73.6 Å². The lowest BCUT2D eigenvalue weighted by atomic mass is 9.85. The van der Waals surface area contributed by atoms with Gasteiger partial charge in [0.2, 0.25) is 6.29 Å². The molecule has 0 unspecified atom stereocenters. The SMILES string of the molecule is COc1cc([C@H]2OC[C@H]3[C@@H]2CO[C@@H]3c2ccc(O[C@@H]3O[C@@H](CO[C@@H]4O[C@H](C)[C@@H](O)[C@@H](O)[C@@H]4O)[C@H](O)[C@@H](O)[C@@H]3O)c(OC)c2)ccc1O. The molecule has 2 aromatic rings. The van der Waals surface area contributed by atoms with Crippen LogP contribution in [-0.4, -0.2) is 131 Å². The minimum Gasteiger partial charge on any atom is -0.504 e. The lowest BCUT2D eigenvalue weighted by molar-refractivity contribution is -0.318. The number of benzene rings is 2. The van der Waals surface area contributed by atoms with Crippen molar-refractivity contribution >= 4 is 0 Å². The van der Waals surface area contributed by atoms with E-state index in [-0.39, 0.29) is 35.5 Å². The summed E-state index contributed by atoms with van der Waals surface area (Å²) in [6.07, 6.45) is -14.8. The average Bonchev–Trinajstić information content (AvgIpc) is 3.69. The molecule has 0 saturated carbocycles. The van der Waals surface area contributed by atoms with Crippen LogP contribution in [0.5, 0.6) is 23.0 Å². The predicted molar refractivity (Wildman–Crippen MR) is 158 cm³/mol. The highest BCUT2D eigenvalue weighted by Crippen LogP contribution is 2.51. The zero-order chi connectivity index (χ0) is 33.6. The smallest absolute Gasteiger partial charge is 0.229 e. The van der Waals surface area contributed by atoms with E-state index in [0.717, 1.165) is 11.1 Å². The minimum atomic E-state index is -1.68. The van der Waals surface area contributed by atoms with Crippen molar-refractivity contribution in [1.82, 2.24) is 0 Å². The Hall–Kier alpha value is -2.80. The highest BCUT2D eigenvalue weighted by atomic mass is 16.7. The van der Waals surface area contributed by atoms with Crippen LogP contribution in [0.25, 0.3) is 0 Å². The van der Waals surface area contributed by atoms with Crippen molar-refractivity contribution in [1.29, 1.82) is 0 Å². The van der Waals surface area contributed by atoms with Gasteiger partial charge in [-0.05, 0) is 42.3 Å². The summed E-state index contributed by atoms with van der Waals surface area (Å²) < 4.78 is 45.9. The standard InChI is InChI=1S/C32H42O15/c1-13-23(34)25(36)27(38)31(45-13)44-12-22-24(35)26(37)28(39)32(47-22)46-19-7-5-15(9-21(19)41-3)30-17-11-42-29(16(17)10-43-30)14-4-6-18(33)20(8-14)40-2/h4-9,13,16-17,22-39H,10-12H2,1-3H3/t13-,16+,17+,22+,23-,24+,25-,26-,27+,28+,29-,30-,31-,32-/m1/s1.